The van der Waals surface area contributed by atoms with Crippen molar-refractivity contribution in [1.29, 1.82) is 0 Å². The standard InChI is InChI=1S/C9H14N2O3S/c1-14-5-3-2-4-10-9-11-6-7(15-9)8(12)13/h6H,2-5H2,1H3,(H,10,11)(H,12,13). The fourth-order valence-electron chi connectivity index (χ4n) is 1.02. The van der Waals surface area contributed by atoms with Crippen molar-refractivity contribution in [3.8, 4) is 0 Å². The monoisotopic (exact) mass is 230 g/mol. The zero-order valence-corrected chi connectivity index (χ0v) is 9.34. The molecule has 0 saturated heterocycles. The summed E-state index contributed by atoms with van der Waals surface area (Å²) in [6.07, 6.45) is 3.33. The molecule has 0 fully saturated rings. The average molecular weight is 230 g/mol. The smallest absolute Gasteiger partial charge is 0.347 e. The number of anilines is 1. The van der Waals surface area contributed by atoms with Gasteiger partial charge in [-0.2, -0.15) is 0 Å². The molecule has 2 N–H and O–H groups in total. The molecule has 0 aliphatic carbocycles. The predicted octanol–water partition coefficient (Wildman–Crippen LogP) is 1.68. The summed E-state index contributed by atoms with van der Waals surface area (Å²) in [5.41, 5.74) is 0. The lowest BCUT2D eigenvalue weighted by molar-refractivity contribution is 0.0702. The zero-order valence-electron chi connectivity index (χ0n) is 8.52. The Labute approximate surface area is 92.1 Å². The van der Waals surface area contributed by atoms with E-state index in [2.05, 4.69) is 10.3 Å². The largest absolute Gasteiger partial charge is 0.477 e. The van der Waals surface area contributed by atoms with Gasteiger partial charge in [-0.3, -0.25) is 0 Å². The molecule has 0 unspecified atom stereocenters. The molecular weight excluding hydrogens is 216 g/mol. The van der Waals surface area contributed by atoms with E-state index >= 15 is 0 Å². The predicted molar refractivity (Wildman–Crippen MR) is 58.7 cm³/mol. The highest BCUT2D eigenvalue weighted by molar-refractivity contribution is 7.17. The third-order valence-electron chi connectivity index (χ3n) is 1.77. The summed E-state index contributed by atoms with van der Waals surface area (Å²) in [5, 5.41) is 12.4. The number of aromatic carboxylic acids is 1. The van der Waals surface area contributed by atoms with Gasteiger partial charge in [0.1, 0.15) is 4.88 Å². The minimum absolute atomic E-state index is 0.259. The third-order valence-corrected chi connectivity index (χ3v) is 2.71. The van der Waals surface area contributed by atoms with Crippen LogP contribution in [0.5, 0.6) is 0 Å². The van der Waals surface area contributed by atoms with Gasteiger partial charge in [-0.15, -0.1) is 0 Å². The number of hydrogen-bond acceptors (Lipinski definition) is 5. The van der Waals surface area contributed by atoms with Crippen molar-refractivity contribution in [3.63, 3.8) is 0 Å². The number of methoxy groups -OCH3 is 1. The van der Waals surface area contributed by atoms with Crippen LogP contribution in [0, 0.1) is 0 Å². The van der Waals surface area contributed by atoms with Crippen LogP contribution in [0.15, 0.2) is 6.20 Å². The molecule has 6 heteroatoms. The number of carbonyl (C=O) groups is 1. The maximum Gasteiger partial charge on any atom is 0.347 e. The first-order valence-corrected chi connectivity index (χ1v) is 5.47. The number of carboxylic acids is 1. The van der Waals surface area contributed by atoms with E-state index in [4.69, 9.17) is 9.84 Å². The molecule has 0 spiro atoms. The summed E-state index contributed by atoms with van der Waals surface area (Å²) >= 11 is 1.15. The number of ether oxygens (including phenoxy) is 1. The Morgan fingerprint density at radius 3 is 3.07 bits per heavy atom. The van der Waals surface area contributed by atoms with Crippen molar-refractivity contribution in [3.05, 3.63) is 11.1 Å². The maximum atomic E-state index is 10.6. The lowest BCUT2D eigenvalue weighted by Gasteiger charge is -2.01. The Morgan fingerprint density at radius 1 is 1.67 bits per heavy atom. The van der Waals surface area contributed by atoms with Crippen LogP contribution in [0.1, 0.15) is 22.5 Å². The van der Waals surface area contributed by atoms with Crippen LogP contribution in [-0.2, 0) is 4.74 Å². The van der Waals surface area contributed by atoms with Gasteiger partial charge in [-0.1, -0.05) is 11.3 Å². The van der Waals surface area contributed by atoms with Gasteiger partial charge in [-0.05, 0) is 12.8 Å². The molecule has 84 valence electrons. The molecule has 15 heavy (non-hydrogen) atoms. The van der Waals surface area contributed by atoms with Crippen LogP contribution >= 0.6 is 11.3 Å². The fraction of sp³-hybridized carbons (Fsp3) is 0.556. The second kappa shape index (κ2) is 6.36. The summed E-state index contributed by atoms with van der Waals surface area (Å²) in [7, 11) is 1.67. The van der Waals surface area contributed by atoms with Crippen molar-refractivity contribution in [1.82, 2.24) is 4.98 Å². The molecule has 1 rings (SSSR count). The molecule has 0 aromatic carbocycles. The first kappa shape index (κ1) is 11.9. The Hall–Kier alpha value is -1.14. The van der Waals surface area contributed by atoms with Gasteiger partial charge in [-0.25, -0.2) is 9.78 Å². The molecular formula is C9H14N2O3S. The lowest BCUT2D eigenvalue weighted by Crippen LogP contribution is -2.02. The Balaban J connectivity index is 2.23. The summed E-state index contributed by atoms with van der Waals surface area (Å²) < 4.78 is 4.91. The van der Waals surface area contributed by atoms with Crippen LogP contribution in [0.4, 0.5) is 5.13 Å². The number of hydrogen-bond donors (Lipinski definition) is 2. The fourth-order valence-corrected chi connectivity index (χ4v) is 1.70. The Morgan fingerprint density at radius 2 is 2.47 bits per heavy atom. The second-order valence-corrected chi connectivity index (χ2v) is 3.99. The van der Waals surface area contributed by atoms with Crippen LogP contribution < -0.4 is 5.32 Å². The van der Waals surface area contributed by atoms with E-state index in [0.717, 1.165) is 37.3 Å². The molecule has 0 saturated carbocycles. The van der Waals surface area contributed by atoms with Gasteiger partial charge < -0.3 is 15.2 Å². The number of aromatic nitrogens is 1. The summed E-state index contributed by atoms with van der Waals surface area (Å²) in [5.74, 6) is -0.931. The molecule has 0 bridgehead atoms. The van der Waals surface area contributed by atoms with E-state index in [0.29, 0.717) is 5.13 Å². The van der Waals surface area contributed by atoms with Gasteiger partial charge in [0.15, 0.2) is 5.13 Å². The first-order chi connectivity index (χ1) is 7.24. The van der Waals surface area contributed by atoms with Crippen LogP contribution in [0.2, 0.25) is 0 Å². The highest BCUT2D eigenvalue weighted by atomic mass is 32.1. The van der Waals surface area contributed by atoms with Gasteiger partial charge in [0, 0.05) is 20.3 Å². The molecule has 0 atom stereocenters. The number of nitrogens with one attached hydrogen (secondary N) is 1. The number of unbranched alkanes of at least 4 members (excludes halogenated alkanes) is 1. The van der Waals surface area contributed by atoms with E-state index in [-0.39, 0.29) is 4.88 Å². The van der Waals surface area contributed by atoms with Gasteiger partial charge in [0.2, 0.25) is 0 Å². The van der Waals surface area contributed by atoms with Gasteiger partial charge in [0.25, 0.3) is 0 Å². The number of carboxylic acid groups (broad SMARTS) is 1. The summed E-state index contributed by atoms with van der Waals surface area (Å²) in [6.45, 7) is 1.54. The molecule has 0 aliphatic rings. The topological polar surface area (TPSA) is 71.5 Å². The molecule has 0 amide bonds. The minimum Gasteiger partial charge on any atom is -0.477 e. The third kappa shape index (κ3) is 4.26. The normalized spacial score (nSPS) is 10.2. The van der Waals surface area contributed by atoms with Crippen LogP contribution in [0.3, 0.4) is 0 Å². The minimum atomic E-state index is -0.931. The SMILES string of the molecule is COCCCCNc1ncc(C(=O)O)s1. The molecule has 1 heterocycles. The molecule has 1 aromatic heterocycles. The van der Waals surface area contributed by atoms with E-state index < -0.39 is 5.97 Å². The number of nitrogens with zero attached hydrogens (tertiary/aromatic N) is 1. The summed E-state index contributed by atoms with van der Waals surface area (Å²) in [6, 6.07) is 0. The Kier molecular flexibility index (Phi) is 5.06. The van der Waals surface area contributed by atoms with Crippen molar-refractivity contribution >= 4 is 22.4 Å². The number of thiazole rings is 1. The quantitative estimate of drug-likeness (QED) is 0.697. The average Bonchev–Trinajstić information content (AvgIpc) is 2.66. The lowest BCUT2D eigenvalue weighted by atomic mass is 10.3. The Bertz CT molecular complexity index is 314. The van der Waals surface area contributed by atoms with E-state index in [1.54, 1.807) is 7.11 Å². The molecule has 5 nitrogen and oxygen atoms in total. The highest BCUT2D eigenvalue weighted by Gasteiger charge is 2.07. The van der Waals surface area contributed by atoms with E-state index in [9.17, 15) is 4.79 Å². The van der Waals surface area contributed by atoms with E-state index in [1.807, 2.05) is 0 Å². The van der Waals surface area contributed by atoms with Crippen molar-refractivity contribution in [2.45, 2.75) is 12.8 Å². The van der Waals surface area contributed by atoms with Crippen molar-refractivity contribution in [2.75, 3.05) is 25.6 Å². The van der Waals surface area contributed by atoms with E-state index in [1.165, 1.54) is 6.20 Å². The first-order valence-electron chi connectivity index (χ1n) is 4.66. The van der Waals surface area contributed by atoms with Gasteiger partial charge in [0.05, 0.1) is 6.20 Å². The molecule has 1 aromatic rings. The molecule has 0 radical (unpaired) electrons. The van der Waals surface area contributed by atoms with Crippen LogP contribution in [0.25, 0.3) is 0 Å². The summed E-state index contributed by atoms with van der Waals surface area (Å²) in [4.78, 5) is 14.8. The number of rotatable bonds is 7. The maximum absolute atomic E-state index is 10.6. The van der Waals surface area contributed by atoms with Crippen molar-refractivity contribution < 1.29 is 14.6 Å². The second-order valence-electron chi connectivity index (χ2n) is 2.96. The van der Waals surface area contributed by atoms with Crippen molar-refractivity contribution in [2.24, 2.45) is 0 Å². The zero-order chi connectivity index (χ0) is 11.1. The van der Waals surface area contributed by atoms with Crippen LogP contribution in [-0.4, -0.2) is 36.3 Å². The van der Waals surface area contributed by atoms with Gasteiger partial charge >= 0.3 is 5.97 Å². The molecule has 0 aliphatic heterocycles. The highest BCUT2D eigenvalue weighted by Crippen LogP contribution is 2.17.